The largest absolute Gasteiger partial charge is 0.490 e. The molecule has 0 bridgehead atoms. The molecule has 0 saturated heterocycles. The summed E-state index contributed by atoms with van der Waals surface area (Å²) in [6.45, 7) is 2.40. The number of fused-ring (bicyclic) bond motifs is 1. The van der Waals surface area contributed by atoms with Crippen molar-refractivity contribution in [1.29, 1.82) is 0 Å². The van der Waals surface area contributed by atoms with Crippen LogP contribution in [0.25, 0.3) is 10.8 Å². The fourth-order valence-corrected chi connectivity index (χ4v) is 2.33. The molecular weight excluding hydrogens is 294 g/mol. The van der Waals surface area contributed by atoms with Gasteiger partial charge in [-0.15, -0.1) is 0 Å². The summed E-state index contributed by atoms with van der Waals surface area (Å²) in [5, 5.41) is 10.6. The SMILES string of the molecule is CCCCOc1c(C(=O)O)n(C)c(=O)c2ccc(Cl)cc12. The second-order valence-electron chi connectivity index (χ2n) is 4.74. The molecule has 0 aliphatic rings. The molecule has 0 aliphatic carbocycles. The maximum Gasteiger partial charge on any atom is 0.356 e. The summed E-state index contributed by atoms with van der Waals surface area (Å²) in [7, 11) is 1.42. The Balaban J connectivity index is 2.78. The van der Waals surface area contributed by atoms with Gasteiger partial charge in [-0.3, -0.25) is 4.79 Å². The summed E-state index contributed by atoms with van der Waals surface area (Å²) < 4.78 is 6.74. The quantitative estimate of drug-likeness (QED) is 0.862. The molecular formula is C15H16ClNO4. The van der Waals surface area contributed by atoms with Crippen molar-refractivity contribution < 1.29 is 14.6 Å². The maximum absolute atomic E-state index is 12.2. The number of hydrogen-bond acceptors (Lipinski definition) is 3. The maximum atomic E-state index is 12.2. The van der Waals surface area contributed by atoms with Crippen molar-refractivity contribution in [1.82, 2.24) is 4.57 Å². The van der Waals surface area contributed by atoms with E-state index in [0.717, 1.165) is 17.4 Å². The van der Waals surface area contributed by atoms with E-state index in [4.69, 9.17) is 16.3 Å². The second-order valence-corrected chi connectivity index (χ2v) is 5.18. The fraction of sp³-hybridized carbons (Fsp3) is 0.333. The molecule has 0 amide bonds. The molecule has 0 saturated carbocycles. The van der Waals surface area contributed by atoms with Crippen LogP contribution in [-0.4, -0.2) is 22.2 Å². The Hall–Kier alpha value is -2.01. The third kappa shape index (κ3) is 2.88. The summed E-state index contributed by atoms with van der Waals surface area (Å²) >= 11 is 5.96. The normalized spacial score (nSPS) is 10.8. The van der Waals surface area contributed by atoms with E-state index in [1.165, 1.54) is 7.05 Å². The average molecular weight is 310 g/mol. The van der Waals surface area contributed by atoms with Crippen LogP contribution in [0.3, 0.4) is 0 Å². The number of hydrogen-bond donors (Lipinski definition) is 1. The predicted octanol–water partition coefficient (Wildman–Crippen LogP) is 3.07. The average Bonchev–Trinajstić information content (AvgIpc) is 2.43. The third-order valence-corrected chi connectivity index (χ3v) is 3.49. The minimum atomic E-state index is -1.21. The van der Waals surface area contributed by atoms with Gasteiger partial charge in [0.2, 0.25) is 0 Å². The molecule has 0 spiro atoms. The number of benzene rings is 1. The van der Waals surface area contributed by atoms with Crippen molar-refractivity contribution in [3.63, 3.8) is 0 Å². The van der Waals surface area contributed by atoms with Crippen molar-refractivity contribution in [3.05, 3.63) is 39.3 Å². The minimum Gasteiger partial charge on any atom is -0.490 e. The van der Waals surface area contributed by atoms with Crippen molar-refractivity contribution >= 4 is 28.3 Å². The molecule has 2 aromatic rings. The van der Waals surface area contributed by atoms with Crippen LogP contribution in [0.4, 0.5) is 0 Å². The van der Waals surface area contributed by atoms with Gasteiger partial charge in [0.15, 0.2) is 11.4 Å². The lowest BCUT2D eigenvalue weighted by Gasteiger charge is -2.15. The van der Waals surface area contributed by atoms with E-state index in [0.29, 0.717) is 22.4 Å². The monoisotopic (exact) mass is 309 g/mol. The number of aromatic carboxylic acids is 1. The molecule has 21 heavy (non-hydrogen) atoms. The predicted molar refractivity (Wildman–Crippen MR) is 81.6 cm³/mol. The fourth-order valence-electron chi connectivity index (χ4n) is 2.16. The zero-order valence-corrected chi connectivity index (χ0v) is 12.6. The van der Waals surface area contributed by atoms with Crippen molar-refractivity contribution in [2.24, 2.45) is 7.05 Å². The van der Waals surface area contributed by atoms with Gasteiger partial charge >= 0.3 is 5.97 Å². The summed E-state index contributed by atoms with van der Waals surface area (Å²) in [6.07, 6.45) is 1.72. The van der Waals surface area contributed by atoms with Crippen LogP contribution in [0, 0.1) is 0 Å². The lowest BCUT2D eigenvalue weighted by atomic mass is 10.1. The zero-order valence-electron chi connectivity index (χ0n) is 11.9. The van der Waals surface area contributed by atoms with E-state index < -0.39 is 5.97 Å². The van der Waals surface area contributed by atoms with Crippen LogP contribution in [0.15, 0.2) is 23.0 Å². The Bertz CT molecular complexity index is 751. The van der Waals surface area contributed by atoms with Gasteiger partial charge in [0.25, 0.3) is 5.56 Å². The van der Waals surface area contributed by atoms with Crippen LogP contribution >= 0.6 is 11.6 Å². The summed E-state index contributed by atoms with van der Waals surface area (Å²) in [5.74, 6) is -1.02. The molecule has 112 valence electrons. The number of pyridine rings is 1. The number of carboxylic acids is 1. The van der Waals surface area contributed by atoms with E-state index in [9.17, 15) is 14.7 Å². The molecule has 1 N–H and O–H groups in total. The van der Waals surface area contributed by atoms with Gasteiger partial charge in [-0.2, -0.15) is 0 Å². The van der Waals surface area contributed by atoms with Crippen molar-refractivity contribution in [2.75, 3.05) is 6.61 Å². The number of carbonyl (C=O) groups is 1. The topological polar surface area (TPSA) is 68.5 Å². The zero-order chi connectivity index (χ0) is 15.6. The minimum absolute atomic E-state index is 0.161. The van der Waals surface area contributed by atoms with E-state index in [2.05, 4.69) is 0 Å². The van der Waals surface area contributed by atoms with Gasteiger partial charge in [-0.1, -0.05) is 24.9 Å². The van der Waals surface area contributed by atoms with Crippen LogP contribution in [0.1, 0.15) is 30.3 Å². The molecule has 2 rings (SSSR count). The molecule has 0 unspecified atom stereocenters. The highest BCUT2D eigenvalue weighted by molar-refractivity contribution is 6.31. The van der Waals surface area contributed by atoms with Crippen LogP contribution in [0.5, 0.6) is 5.75 Å². The van der Waals surface area contributed by atoms with E-state index >= 15 is 0 Å². The van der Waals surface area contributed by atoms with E-state index in [1.54, 1.807) is 18.2 Å². The molecule has 0 atom stereocenters. The van der Waals surface area contributed by atoms with Crippen molar-refractivity contribution in [2.45, 2.75) is 19.8 Å². The molecule has 0 radical (unpaired) electrons. The van der Waals surface area contributed by atoms with Gasteiger partial charge in [0.1, 0.15) is 0 Å². The highest BCUT2D eigenvalue weighted by Gasteiger charge is 2.21. The van der Waals surface area contributed by atoms with Crippen LogP contribution in [0.2, 0.25) is 5.02 Å². The van der Waals surface area contributed by atoms with Gasteiger partial charge in [-0.25, -0.2) is 4.79 Å². The number of rotatable bonds is 5. The first-order valence-electron chi connectivity index (χ1n) is 6.65. The molecule has 0 fully saturated rings. The Kier molecular flexibility index (Phi) is 4.53. The number of nitrogens with zero attached hydrogens (tertiary/aromatic N) is 1. The highest BCUT2D eigenvalue weighted by Crippen LogP contribution is 2.30. The lowest BCUT2D eigenvalue weighted by molar-refractivity contribution is 0.0680. The van der Waals surface area contributed by atoms with E-state index in [1.807, 2.05) is 6.92 Å². The number of carboxylic acid groups (broad SMARTS) is 1. The van der Waals surface area contributed by atoms with Crippen LogP contribution < -0.4 is 10.3 Å². The smallest absolute Gasteiger partial charge is 0.356 e. The van der Waals surface area contributed by atoms with Gasteiger partial charge in [0, 0.05) is 17.5 Å². The summed E-state index contributed by atoms with van der Waals surface area (Å²) in [6, 6.07) is 4.74. The Labute approximate surface area is 126 Å². The van der Waals surface area contributed by atoms with Crippen molar-refractivity contribution in [3.8, 4) is 5.75 Å². The molecule has 0 aliphatic heterocycles. The van der Waals surface area contributed by atoms with Crippen LogP contribution in [-0.2, 0) is 7.05 Å². The first-order chi connectivity index (χ1) is 9.97. The number of ether oxygens (including phenoxy) is 1. The first kappa shape index (κ1) is 15.4. The summed E-state index contributed by atoms with van der Waals surface area (Å²) in [5.41, 5.74) is -0.548. The molecule has 5 nitrogen and oxygen atoms in total. The molecule has 6 heteroatoms. The summed E-state index contributed by atoms with van der Waals surface area (Å²) in [4.78, 5) is 23.7. The van der Waals surface area contributed by atoms with Gasteiger partial charge < -0.3 is 14.4 Å². The molecule has 1 aromatic carbocycles. The third-order valence-electron chi connectivity index (χ3n) is 3.26. The molecule has 1 heterocycles. The Morgan fingerprint density at radius 3 is 2.71 bits per heavy atom. The molecule has 1 aromatic heterocycles. The Morgan fingerprint density at radius 1 is 1.38 bits per heavy atom. The number of unbranched alkanes of at least 4 members (excludes halogenated alkanes) is 1. The standard InChI is InChI=1S/C15H16ClNO4/c1-3-4-7-21-13-11-8-9(16)5-6-10(11)14(18)17(2)12(13)15(19)20/h5-6,8H,3-4,7H2,1-2H3,(H,19,20). The van der Waals surface area contributed by atoms with Gasteiger partial charge in [0.05, 0.1) is 12.0 Å². The Morgan fingerprint density at radius 2 is 2.10 bits per heavy atom. The number of aromatic nitrogens is 1. The first-order valence-corrected chi connectivity index (χ1v) is 7.03. The lowest BCUT2D eigenvalue weighted by Crippen LogP contribution is -2.25. The van der Waals surface area contributed by atoms with Gasteiger partial charge in [-0.05, 0) is 24.6 Å². The number of halogens is 1. The van der Waals surface area contributed by atoms with E-state index in [-0.39, 0.29) is 17.0 Å². The second kappa shape index (κ2) is 6.18. The highest BCUT2D eigenvalue weighted by atomic mass is 35.5.